The normalized spacial score (nSPS) is 20.6. The molecule has 1 aromatic carbocycles. The van der Waals surface area contributed by atoms with Crippen LogP contribution in [-0.2, 0) is 22.6 Å². The van der Waals surface area contributed by atoms with E-state index in [0.717, 1.165) is 77.2 Å². The number of ether oxygens (including phenoxy) is 2. The third-order valence-corrected chi connectivity index (χ3v) is 6.31. The summed E-state index contributed by atoms with van der Waals surface area (Å²) < 4.78 is 11.2. The molecule has 0 aromatic heterocycles. The Hall–Kier alpha value is -0.900. The molecule has 1 unspecified atom stereocenters. The Morgan fingerprint density at radius 2 is 1.88 bits per heavy atom. The monoisotopic (exact) mass is 558 g/mol. The predicted octanol–water partition coefficient (Wildman–Crippen LogP) is 4.03. The van der Waals surface area contributed by atoms with Crippen LogP contribution < -0.4 is 10.6 Å². The van der Waals surface area contributed by atoms with Gasteiger partial charge in [-0.15, -0.1) is 24.0 Å². The Kier molecular flexibility index (Phi) is 13.5. The third-order valence-electron chi connectivity index (χ3n) is 6.31. The first-order valence-corrected chi connectivity index (χ1v) is 12.1. The molecule has 2 fully saturated rings. The molecule has 2 N–H and O–H groups in total. The maximum absolute atomic E-state index is 5.83. The van der Waals surface area contributed by atoms with Gasteiger partial charge < -0.3 is 20.1 Å². The zero-order valence-electron chi connectivity index (χ0n) is 20.0. The molecule has 1 aromatic rings. The number of piperidine rings is 1. The Bertz CT molecular complexity index is 650. The van der Waals surface area contributed by atoms with Crippen LogP contribution in [0.15, 0.2) is 29.3 Å². The molecular weight excluding hydrogens is 515 g/mol. The van der Waals surface area contributed by atoms with E-state index in [-0.39, 0.29) is 24.0 Å². The highest BCUT2D eigenvalue weighted by atomic mass is 127. The first kappa shape index (κ1) is 27.3. The van der Waals surface area contributed by atoms with Gasteiger partial charge >= 0.3 is 0 Å². The largest absolute Gasteiger partial charge is 0.381 e. The average molecular weight is 559 g/mol. The SMILES string of the molecule is CN=C(NCCCOCC1CCOCC1)NCc1ccc(CN2CCCC(C)C2)cc1.I. The van der Waals surface area contributed by atoms with Crippen molar-refractivity contribution in [1.82, 2.24) is 15.5 Å². The van der Waals surface area contributed by atoms with Crippen LogP contribution in [0.3, 0.4) is 0 Å². The van der Waals surface area contributed by atoms with Gasteiger partial charge in [0.25, 0.3) is 0 Å². The lowest BCUT2D eigenvalue weighted by atomic mass is 9.99. The van der Waals surface area contributed by atoms with Gasteiger partial charge in [-0.2, -0.15) is 0 Å². The number of aliphatic imine (C=N–C) groups is 1. The van der Waals surface area contributed by atoms with Crippen LogP contribution in [0.2, 0.25) is 0 Å². The van der Waals surface area contributed by atoms with Gasteiger partial charge in [-0.3, -0.25) is 9.89 Å². The van der Waals surface area contributed by atoms with Crippen LogP contribution >= 0.6 is 24.0 Å². The summed E-state index contributed by atoms with van der Waals surface area (Å²) in [6.07, 6.45) is 5.95. The highest BCUT2D eigenvalue weighted by Gasteiger charge is 2.16. The fourth-order valence-corrected chi connectivity index (χ4v) is 4.40. The van der Waals surface area contributed by atoms with E-state index in [4.69, 9.17) is 9.47 Å². The number of likely N-dealkylation sites (tertiary alicyclic amines) is 1. The van der Waals surface area contributed by atoms with Gasteiger partial charge in [-0.05, 0) is 61.6 Å². The van der Waals surface area contributed by atoms with E-state index < -0.39 is 0 Å². The molecule has 182 valence electrons. The number of nitrogens with zero attached hydrogens (tertiary/aromatic N) is 2. The standard InChI is InChI=1S/C25H42N4O2.HI/c1-21-5-3-13-29(18-21)19-23-8-6-22(7-9-23)17-28-25(26-2)27-12-4-14-31-20-24-10-15-30-16-11-24;/h6-9,21,24H,3-5,10-20H2,1-2H3,(H2,26,27,28);1H. The quantitative estimate of drug-likeness (QED) is 0.197. The predicted molar refractivity (Wildman–Crippen MR) is 143 cm³/mol. The fourth-order valence-electron chi connectivity index (χ4n) is 4.40. The van der Waals surface area contributed by atoms with Crippen molar-refractivity contribution < 1.29 is 9.47 Å². The summed E-state index contributed by atoms with van der Waals surface area (Å²) in [6, 6.07) is 8.99. The molecule has 0 spiro atoms. The summed E-state index contributed by atoms with van der Waals surface area (Å²) in [5.74, 6) is 2.34. The molecule has 2 saturated heterocycles. The smallest absolute Gasteiger partial charge is 0.191 e. The van der Waals surface area contributed by atoms with Crippen LogP contribution in [0.1, 0.15) is 50.2 Å². The summed E-state index contributed by atoms with van der Waals surface area (Å²) in [7, 11) is 1.82. The molecule has 7 heteroatoms. The van der Waals surface area contributed by atoms with E-state index >= 15 is 0 Å². The van der Waals surface area contributed by atoms with Crippen LogP contribution in [0.5, 0.6) is 0 Å². The highest BCUT2D eigenvalue weighted by molar-refractivity contribution is 14.0. The Morgan fingerprint density at radius 1 is 1.12 bits per heavy atom. The van der Waals surface area contributed by atoms with Crippen molar-refractivity contribution >= 4 is 29.9 Å². The van der Waals surface area contributed by atoms with E-state index in [1.54, 1.807) is 0 Å². The number of benzene rings is 1. The maximum atomic E-state index is 5.83. The van der Waals surface area contributed by atoms with Crippen molar-refractivity contribution in [3.8, 4) is 0 Å². The van der Waals surface area contributed by atoms with Gasteiger partial charge in [-0.1, -0.05) is 31.2 Å². The van der Waals surface area contributed by atoms with E-state index in [9.17, 15) is 0 Å². The number of hydrogen-bond donors (Lipinski definition) is 2. The Balaban J connectivity index is 0.00000363. The zero-order chi connectivity index (χ0) is 21.7. The minimum Gasteiger partial charge on any atom is -0.381 e. The van der Waals surface area contributed by atoms with Crippen LogP contribution in [0, 0.1) is 11.8 Å². The minimum atomic E-state index is 0. The average Bonchev–Trinajstić information content (AvgIpc) is 2.80. The minimum absolute atomic E-state index is 0. The molecule has 0 radical (unpaired) electrons. The molecule has 32 heavy (non-hydrogen) atoms. The number of halogens is 1. The van der Waals surface area contributed by atoms with Gasteiger partial charge in [0.2, 0.25) is 0 Å². The molecule has 6 nitrogen and oxygen atoms in total. The molecular formula is C25H43IN4O2. The topological polar surface area (TPSA) is 58.1 Å². The summed E-state index contributed by atoms with van der Waals surface area (Å²) >= 11 is 0. The summed E-state index contributed by atoms with van der Waals surface area (Å²) in [4.78, 5) is 6.91. The van der Waals surface area contributed by atoms with Crippen molar-refractivity contribution in [2.24, 2.45) is 16.8 Å². The Morgan fingerprint density at radius 3 is 2.59 bits per heavy atom. The van der Waals surface area contributed by atoms with Crippen molar-refractivity contribution in [1.29, 1.82) is 0 Å². The molecule has 3 rings (SSSR count). The maximum Gasteiger partial charge on any atom is 0.191 e. The molecule has 1 atom stereocenters. The van der Waals surface area contributed by atoms with Crippen molar-refractivity contribution in [3.05, 3.63) is 35.4 Å². The van der Waals surface area contributed by atoms with Gasteiger partial charge in [0.15, 0.2) is 5.96 Å². The fraction of sp³-hybridized carbons (Fsp3) is 0.720. The Labute approximate surface area is 211 Å². The van der Waals surface area contributed by atoms with Gasteiger partial charge in [0.1, 0.15) is 0 Å². The lowest BCUT2D eigenvalue weighted by Gasteiger charge is -2.30. The molecule has 0 saturated carbocycles. The first-order valence-electron chi connectivity index (χ1n) is 12.1. The summed E-state index contributed by atoms with van der Waals surface area (Å²) in [5, 5.41) is 6.79. The molecule has 2 aliphatic heterocycles. The summed E-state index contributed by atoms with van der Waals surface area (Å²) in [5.41, 5.74) is 2.68. The molecule has 0 amide bonds. The van der Waals surface area contributed by atoms with E-state index in [1.165, 1.54) is 37.1 Å². The third kappa shape index (κ3) is 10.4. The lowest BCUT2D eigenvalue weighted by molar-refractivity contribution is 0.0203. The van der Waals surface area contributed by atoms with Gasteiger partial charge in [-0.25, -0.2) is 0 Å². The van der Waals surface area contributed by atoms with Gasteiger partial charge in [0, 0.05) is 59.7 Å². The zero-order valence-corrected chi connectivity index (χ0v) is 22.3. The number of rotatable bonds is 10. The molecule has 0 aliphatic carbocycles. The van der Waals surface area contributed by atoms with E-state index in [1.807, 2.05) is 7.05 Å². The number of guanidine groups is 1. The van der Waals surface area contributed by atoms with Crippen molar-refractivity contribution in [2.45, 2.75) is 52.1 Å². The van der Waals surface area contributed by atoms with Gasteiger partial charge in [0.05, 0.1) is 0 Å². The van der Waals surface area contributed by atoms with Crippen molar-refractivity contribution in [2.75, 3.05) is 53.1 Å². The van der Waals surface area contributed by atoms with Crippen LogP contribution in [0.25, 0.3) is 0 Å². The van der Waals surface area contributed by atoms with E-state index in [0.29, 0.717) is 5.92 Å². The molecule has 0 bridgehead atoms. The second-order valence-electron chi connectivity index (χ2n) is 9.14. The molecule has 2 heterocycles. The van der Waals surface area contributed by atoms with E-state index in [2.05, 4.69) is 51.7 Å². The second kappa shape index (κ2) is 15.9. The van der Waals surface area contributed by atoms with Crippen molar-refractivity contribution in [3.63, 3.8) is 0 Å². The number of nitrogens with one attached hydrogen (secondary N) is 2. The lowest BCUT2D eigenvalue weighted by Crippen LogP contribution is -2.37. The second-order valence-corrected chi connectivity index (χ2v) is 9.14. The highest BCUT2D eigenvalue weighted by Crippen LogP contribution is 2.18. The summed E-state index contributed by atoms with van der Waals surface area (Å²) in [6.45, 7) is 11.0. The van der Waals surface area contributed by atoms with Crippen LogP contribution in [0.4, 0.5) is 0 Å². The first-order chi connectivity index (χ1) is 15.2. The van der Waals surface area contributed by atoms with Crippen LogP contribution in [-0.4, -0.2) is 64.0 Å². The number of hydrogen-bond acceptors (Lipinski definition) is 4. The molecule has 2 aliphatic rings.